The first kappa shape index (κ1) is 25.0. The number of halogens is 3. The first-order chi connectivity index (χ1) is 16.6. The molecule has 7 nitrogen and oxygen atoms in total. The standard InChI is InChI=1S/C25H28F3N3O4/c1-29-19-8-7-17(21(12-19)35-25(26,27)28)14-30-22(33)18-4-2-11-31(15-18)23(34)24(9-3-10-24)13-20(32)16-5-6-16/h7-8,12,16,18H,2-6,9-11,13-15H2,(H,30,33)/t18-/m1/s1. The number of hydrogen-bond donors (Lipinski definition) is 1. The van der Waals surface area contributed by atoms with Crippen molar-refractivity contribution in [1.82, 2.24) is 10.2 Å². The summed E-state index contributed by atoms with van der Waals surface area (Å²) in [6, 6.07) is 3.67. The number of carbonyl (C=O) groups is 3. The summed E-state index contributed by atoms with van der Waals surface area (Å²) in [6.45, 7) is 7.55. The van der Waals surface area contributed by atoms with E-state index in [1.807, 2.05) is 0 Å². The Morgan fingerprint density at radius 3 is 2.49 bits per heavy atom. The third kappa shape index (κ3) is 5.95. The van der Waals surface area contributed by atoms with E-state index in [0.29, 0.717) is 32.2 Å². The predicted molar refractivity (Wildman–Crippen MR) is 119 cm³/mol. The van der Waals surface area contributed by atoms with Crippen molar-refractivity contribution in [1.29, 1.82) is 0 Å². The van der Waals surface area contributed by atoms with Crippen molar-refractivity contribution >= 4 is 23.3 Å². The second-order valence-electron chi connectivity index (χ2n) is 9.81. The molecule has 0 aromatic heterocycles. The fourth-order valence-corrected chi connectivity index (χ4v) is 4.97. The molecule has 0 unspecified atom stereocenters. The highest BCUT2D eigenvalue weighted by molar-refractivity contribution is 5.92. The Morgan fingerprint density at radius 1 is 1.14 bits per heavy atom. The number of Topliss-reactive ketones (excluding diaryl/α,β-unsaturated/α-hetero) is 1. The average Bonchev–Trinajstić information content (AvgIpc) is 3.64. The summed E-state index contributed by atoms with van der Waals surface area (Å²) < 4.78 is 42.4. The quantitative estimate of drug-likeness (QED) is 0.542. The number of piperidine rings is 1. The zero-order valence-corrected chi connectivity index (χ0v) is 19.3. The fourth-order valence-electron chi connectivity index (χ4n) is 4.97. The topological polar surface area (TPSA) is 80.1 Å². The number of ketones is 1. The van der Waals surface area contributed by atoms with Crippen LogP contribution in [-0.2, 0) is 20.9 Å². The molecular formula is C25H28F3N3O4. The van der Waals surface area contributed by atoms with Gasteiger partial charge in [-0.2, -0.15) is 0 Å². The number of hydrogen-bond acceptors (Lipinski definition) is 4. The van der Waals surface area contributed by atoms with Crippen molar-refractivity contribution in [3.8, 4) is 5.75 Å². The van der Waals surface area contributed by atoms with Gasteiger partial charge in [-0.25, -0.2) is 4.85 Å². The molecule has 1 aliphatic heterocycles. The van der Waals surface area contributed by atoms with E-state index in [2.05, 4.69) is 14.9 Å². The molecule has 1 aromatic carbocycles. The summed E-state index contributed by atoms with van der Waals surface area (Å²) in [5.74, 6) is -1.14. The minimum absolute atomic E-state index is 0.00847. The molecule has 0 spiro atoms. The van der Waals surface area contributed by atoms with Gasteiger partial charge in [-0.3, -0.25) is 14.4 Å². The van der Waals surface area contributed by atoms with Crippen LogP contribution in [0.3, 0.4) is 0 Å². The van der Waals surface area contributed by atoms with Crippen LogP contribution in [0, 0.1) is 23.8 Å². The van der Waals surface area contributed by atoms with Gasteiger partial charge in [0.2, 0.25) is 11.8 Å². The van der Waals surface area contributed by atoms with Crippen LogP contribution < -0.4 is 10.1 Å². The van der Waals surface area contributed by atoms with Gasteiger partial charge < -0.3 is 15.0 Å². The molecule has 10 heteroatoms. The molecule has 3 fully saturated rings. The second-order valence-corrected chi connectivity index (χ2v) is 9.81. The van der Waals surface area contributed by atoms with Gasteiger partial charge in [0.25, 0.3) is 0 Å². The number of rotatable bonds is 8. The van der Waals surface area contributed by atoms with Crippen LogP contribution in [0.2, 0.25) is 0 Å². The molecule has 1 atom stereocenters. The van der Waals surface area contributed by atoms with Gasteiger partial charge in [-0.1, -0.05) is 18.6 Å². The Hall–Kier alpha value is -3.09. The number of alkyl halides is 3. The lowest BCUT2D eigenvalue weighted by Crippen LogP contribution is -2.53. The van der Waals surface area contributed by atoms with Crippen LogP contribution in [0.1, 0.15) is 56.9 Å². The number of benzene rings is 1. The Balaban J connectivity index is 1.37. The summed E-state index contributed by atoms with van der Waals surface area (Å²) >= 11 is 0. The van der Waals surface area contributed by atoms with E-state index in [1.165, 1.54) is 12.1 Å². The third-order valence-electron chi connectivity index (χ3n) is 7.25. The van der Waals surface area contributed by atoms with E-state index in [-0.39, 0.29) is 54.3 Å². The molecule has 2 amide bonds. The van der Waals surface area contributed by atoms with Crippen LogP contribution in [0.15, 0.2) is 18.2 Å². The summed E-state index contributed by atoms with van der Waals surface area (Å²) in [5.41, 5.74) is -0.545. The highest BCUT2D eigenvalue weighted by Crippen LogP contribution is 2.48. The molecule has 2 aliphatic carbocycles. The van der Waals surface area contributed by atoms with Crippen LogP contribution in [0.25, 0.3) is 4.85 Å². The Morgan fingerprint density at radius 2 is 1.89 bits per heavy atom. The van der Waals surface area contributed by atoms with Crippen molar-refractivity contribution in [3.63, 3.8) is 0 Å². The summed E-state index contributed by atoms with van der Waals surface area (Å²) in [6.07, 6.45) is 0.673. The Bertz CT molecular complexity index is 1040. The molecule has 1 aromatic rings. The number of nitrogens with zero attached hydrogens (tertiary/aromatic N) is 2. The van der Waals surface area contributed by atoms with Crippen molar-refractivity contribution in [3.05, 3.63) is 35.2 Å². The number of likely N-dealkylation sites (tertiary alicyclic amines) is 1. The molecule has 0 bridgehead atoms. The third-order valence-corrected chi connectivity index (χ3v) is 7.25. The maximum absolute atomic E-state index is 13.4. The molecule has 35 heavy (non-hydrogen) atoms. The van der Waals surface area contributed by atoms with Crippen molar-refractivity contribution in [2.45, 2.75) is 64.3 Å². The zero-order chi connectivity index (χ0) is 25.2. The van der Waals surface area contributed by atoms with Gasteiger partial charge in [0.15, 0.2) is 5.69 Å². The van der Waals surface area contributed by atoms with Crippen LogP contribution in [0.5, 0.6) is 5.75 Å². The molecule has 188 valence electrons. The Kier molecular flexibility index (Phi) is 7.06. The monoisotopic (exact) mass is 491 g/mol. The van der Waals surface area contributed by atoms with Gasteiger partial charge in [0, 0.05) is 37.5 Å². The smallest absolute Gasteiger partial charge is 0.407 e. The zero-order valence-electron chi connectivity index (χ0n) is 19.3. The number of carbonyl (C=O) groups excluding carboxylic acids is 3. The lowest BCUT2D eigenvalue weighted by Gasteiger charge is -2.45. The van der Waals surface area contributed by atoms with Crippen molar-refractivity contribution < 1.29 is 32.3 Å². The van der Waals surface area contributed by atoms with Crippen molar-refractivity contribution in [2.24, 2.45) is 17.3 Å². The molecular weight excluding hydrogens is 463 g/mol. The highest BCUT2D eigenvalue weighted by Gasteiger charge is 2.50. The van der Waals surface area contributed by atoms with E-state index < -0.39 is 23.4 Å². The molecule has 4 rings (SSSR count). The summed E-state index contributed by atoms with van der Waals surface area (Å²) in [4.78, 5) is 43.4. The largest absolute Gasteiger partial charge is 0.573 e. The summed E-state index contributed by atoms with van der Waals surface area (Å²) in [7, 11) is 0. The normalized spacial score (nSPS) is 21.4. The van der Waals surface area contributed by atoms with E-state index in [9.17, 15) is 27.6 Å². The van der Waals surface area contributed by atoms with Crippen LogP contribution in [-0.4, -0.2) is 41.9 Å². The molecule has 1 N–H and O–H groups in total. The molecule has 2 saturated carbocycles. The van der Waals surface area contributed by atoms with Crippen LogP contribution >= 0.6 is 0 Å². The molecule has 0 radical (unpaired) electrons. The molecule has 1 heterocycles. The van der Waals surface area contributed by atoms with E-state index in [1.54, 1.807) is 4.90 Å². The van der Waals surface area contributed by atoms with Crippen LogP contribution in [0.4, 0.5) is 18.9 Å². The molecule has 1 saturated heterocycles. The van der Waals surface area contributed by atoms with E-state index in [0.717, 1.165) is 25.3 Å². The number of amides is 2. The first-order valence-electron chi connectivity index (χ1n) is 12.0. The first-order valence-corrected chi connectivity index (χ1v) is 12.0. The van der Waals surface area contributed by atoms with Gasteiger partial charge in [-0.05, 0) is 44.6 Å². The second kappa shape index (κ2) is 9.88. The highest BCUT2D eigenvalue weighted by atomic mass is 19.4. The fraction of sp³-hybridized carbons (Fsp3) is 0.600. The minimum atomic E-state index is -4.93. The van der Waals surface area contributed by atoms with Crippen molar-refractivity contribution in [2.75, 3.05) is 13.1 Å². The maximum Gasteiger partial charge on any atom is 0.573 e. The van der Waals surface area contributed by atoms with Gasteiger partial charge >= 0.3 is 6.36 Å². The Labute approximate surface area is 201 Å². The van der Waals surface area contributed by atoms with Gasteiger partial charge in [0.1, 0.15) is 11.5 Å². The van der Waals surface area contributed by atoms with E-state index in [4.69, 9.17) is 6.57 Å². The van der Waals surface area contributed by atoms with Gasteiger partial charge in [0.05, 0.1) is 17.9 Å². The molecule has 3 aliphatic rings. The average molecular weight is 492 g/mol. The lowest BCUT2D eigenvalue weighted by atomic mass is 9.64. The predicted octanol–water partition coefficient (Wildman–Crippen LogP) is 4.53. The minimum Gasteiger partial charge on any atom is -0.407 e. The number of ether oxygens (including phenoxy) is 1. The summed E-state index contributed by atoms with van der Waals surface area (Å²) in [5, 5.41) is 2.66. The maximum atomic E-state index is 13.4. The SMILES string of the molecule is [C-]#[N+]c1ccc(CNC(=O)[C@@H]2CCCN(C(=O)C3(CC(=O)C4CC4)CCC3)C2)c(OC(F)(F)F)c1. The van der Waals surface area contributed by atoms with E-state index >= 15 is 0 Å². The number of nitrogens with one attached hydrogen (secondary N) is 1. The van der Waals surface area contributed by atoms with Gasteiger partial charge in [-0.15, -0.1) is 13.2 Å². The lowest BCUT2D eigenvalue weighted by molar-refractivity contribution is -0.274.